The van der Waals surface area contributed by atoms with Crippen LogP contribution in [0.1, 0.15) is 9.67 Å². The van der Waals surface area contributed by atoms with Crippen molar-refractivity contribution in [3.8, 4) is 5.06 Å². The first-order chi connectivity index (χ1) is 5.27. The van der Waals surface area contributed by atoms with Crippen LogP contribution in [0.2, 0.25) is 0 Å². The van der Waals surface area contributed by atoms with Gasteiger partial charge in [-0.1, -0.05) is 11.3 Å². The zero-order valence-corrected chi connectivity index (χ0v) is 7.54. The lowest BCUT2D eigenvalue weighted by molar-refractivity contribution is 0.102. The molecule has 1 heterocycles. The van der Waals surface area contributed by atoms with E-state index in [1.54, 1.807) is 19.2 Å². The number of methoxy groups -OCH3 is 1. The molecule has 11 heavy (non-hydrogen) atoms. The molecule has 60 valence electrons. The molecule has 0 bridgehead atoms. The average molecular weight is 191 g/mol. The van der Waals surface area contributed by atoms with E-state index in [2.05, 4.69) is 0 Å². The predicted octanol–water partition coefficient (Wildman–Crippen LogP) is 2.18. The van der Waals surface area contributed by atoms with Crippen molar-refractivity contribution in [1.82, 2.24) is 0 Å². The van der Waals surface area contributed by atoms with Crippen LogP contribution in [-0.4, -0.2) is 18.8 Å². The largest absolute Gasteiger partial charge is 0.487 e. The Labute approximate surface area is 73.7 Å². The van der Waals surface area contributed by atoms with Crippen LogP contribution < -0.4 is 4.74 Å². The normalized spacial score (nSPS) is 9.64. The Balaban J connectivity index is 2.80. The molecule has 0 saturated heterocycles. The Morgan fingerprint density at radius 3 is 2.91 bits per heavy atom. The lowest BCUT2D eigenvalue weighted by Gasteiger charge is -1.89. The maximum atomic E-state index is 11.0. The van der Waals surface area contributed by atoms with Crippen LogP contribution in [0.4, 0.5) is 0 Å². The van der Waals surface area contributed by atoms with Gasteiger partial charge in [0.2, 0.25) is 0 Å². The van der Waals surface area contributed by atoms with Crippen LogP contribution in [0.5, 0.6) is 5.06 Å². The van der Waals surface area contributed by atoms with E-state index in [9.17, 15) is 4.79 Å². The molecule has 0 aliphatic carbocycles. The fourth-order valence-corrected chi connectivity index (χ4v) is 1.63. The quantitative estimate of drug-likeness (QED) is 0.540. The zero-order valence-electron chi connectivity index (χ0n) is 5.96. The van der Waals surface area contributed by atoms with Crippen LogP contribution >= 0.6 is 22.9 Å². The third kappa shape index (κ3) is 1.94. The van der Waals surface area contributed by atoms with Crippen molar-refractivity contribution in [2.75, 3.05) is 13.0 Å². The van der Waals surface area contributed by atoms with Gasteiger partial charge in [-0.15, -0.1) is 11.6 Å². The number of Topliss-reactive ketones (excluding diaryl/α,β-unsaturated/α-hetero) is 1. The summed E-state index contributed by atoms with van der Waals surface area (Å²) in [4.78, 5) is 11.6. The minimum Gasteiger partial charge on any atom is -0.487 e. The molecular formula is C7H7ClO2S. The maximum Gasteiger partial charge on any atom is 0.187 e. The predicted molar refractivity (Wildman–Crippen MR) is 45.9 cm³/mol. The summed E-state index contributed by atoms with van der Waals surface area (Å²) in [5.74, 6) is -0.0242. The van der Waals surface area contributed by atoms with E-state index in [0.717, 1.165) is 5.06 Å². The summed E-state index contributed by atoms with van der Waals surface area (Å²) in [6, 6.07) is 3.47. The molecule has 1 aromatic rings. The number of thiophene rings is 1. The minimum absolute atomic E-state index is 0.0314. The maximum absolute atomic E-state index is 11.0. The van der Waals surface area contributed by atoms with Crippen LogP contribution in [0, 0.1) is 0 Å². The number of carbonyl (C=O) groups excluding carboxylic acids is 1. The third-order valence-electron chi connectivity index (χ3n) is 1.18. The number of ketones is 1. The average Bonchev–Trinajstić information content (AvgIpc) is 2.50. The Morgan fingerprint density at radius 2 is 2.45 bits per heavy atom. The van der Waals surface area contributed by atoms with Gasteiger partial charge in [-0.25, -0.2) is 0 Å². The number of alkyl halides is 1. The highest BCUT2D eigenvalue weighted by atomic mass is 35.5. The first-order valence-corrected chi connectivity index (χ1v) is 4.36. The van der Waals surface area contributed by atoms with E-state index in [1.807, 2.05) is 0 Å². The molecular weight excluding hydrogens is 184 g/mol. The van der Waals surface area contributed by atoms with E-state index in [0.29, 0.717) is 4.88 Å². The summed E-state index contributed by atoms with van der Waals surface area (Å²) in [7, 11) is 1.57. The van der Waals surface area contributed by atoms with Gasteiger partial charge < -0.3 is 4.74 Å². The van der Waals surface area contributed by atoms with E-state index in [4.69, 9.17) is 16.3 Å². The molecule has 0 amide bonds. The first kappa shape index (κ1) is 8.56. The molecule has 0 aliphatic rings. The van der Waals surface area contributed by atoms with Crippen LogP contribution in [0.3, 0.4) is 0 Å². The van der Waals surface area contributed by atoms with Gasteiger partial charge >= 0.3 is 0 Å². The van der Waals surface area contributed by atoms with Crippen molar-refractivity contribution in [2.45, 2.75) is 0 Å². The second-order valence-corrected chi connectivity index (χ2v) is 3.19. The molecule has 0 radical (unpaired) electrons. The van der Waals surface area contributed by atoms with Gasteiger partial charge in [0.1, 0.15) is 0 Å². The van der Waals surface area contributed by atoms with Gasteiger partial charge in [-0.2, -0.15) is 0 Å². The number of rotatable bonds is 3. The lowest BCUT2D eigenvalue weighted by atomic mass is 10.3. The lowest BCUT2D eigenvalue weighted by Crippen LogP contribution is -1.95. The van der Waals surface area contributed by atoms with Crippen molar-refractivity contribution >= 4 is 28.7 Å². The van der Waals surface area contributed by atoms with Crippen LogP contribution in [0.25, 0.3) is 0 Å². The highest BCUT2D eigenvalue weighted by Gasteiger charge is 2.06. The monoisotopic (exact) mass is 190 g/mol. The fourth-order valence-electron chi connectivity index (χ4n) is 0.646. The minimum atomic E-state index is -0.0556. The first-order valence-electron chi connectivity index (χ1n) is 3.01. The Bertz CT molecular complexity index is 257. The van der Waals surface area contributed by atoms with E-state index < -0.39 is 0 Å². The van der Waals surface area contributed by atoms with Crippen molar-refractivity contribution in [3.05, 3.63) is 17.0 Å². The second-order valence-electron chi connectivity index (χ2n) is 1.88. The zero-order chi connectivity index (χ0) is 8.27. The number of hydrogen-bond acceptors (Lipinski definition) is 3. The molecule has 2 nitrogen and oxygen atoms in total. The van der Waals surface area contributed by atoms with Gasteiger partial charge in [-0.3, -0.25) is 4.79 Å². The van der Waals surface area contributed by atoms with E-state index in [-0.39, 0.29) is 11.7 Å². The molecule has 0 N–H and O–H groups in total. The Kier molecular flexibility index (Phi) is 2.91. The number of halogens is 1. The standard InChI is InChI=1S/C7H7ClO2S/c1-10-7-3-2-6(11-7)5(9)4-8/h2-3H,4H2,1H3. The van der Waals surface area contributed by atoms with Gasteiger partial charge in [-0.05, 0) is 12.1 Å². The summed E-state index contributed by atoms with van der Waals surface area (Å²) in [6.45, 7) is 0. The van der Waals surface area contributed by atoms with Crippen LogP contribution in [-0.2, 0) is 0 Å². The van der Waals surface area contributed by atoms with Crippen LogP contribution in [0.15, 0.2) is 12.1 Å². The number of hydrogen-bond donors (Lipinski definition) is 0. The van der Waals surface area contributed by atoms with Crippen molar-refractivity contribution in [3.63, 3.8) is 0 Å². The molecule has 0 fully saturated rings. The summed E-state index contributed by atoms with van der Waals surface area (Å²) in [5, 5.41) is 0.735. The fraction of sp³-hybridized carbons (Fsp3) is 0.286. The number of ether oxygens (including phenoxy) is 1. The SMILES string of the molecule is COc1ccc(C(=O)CCl)s1. The second kappa shape index (κ2) is 3.74. The molecule has 0 atom stereocenters. The van der Waals surface area contributed by atoms with E-state index >= 15 is 0 Å². The molecule has 4 heteroatoms. The molecule has 1 rings (SSSR count). The molecule has 0 aromatic carbocycles. The van der Waals surface area contributed by atoms with Crippen molar-refractivity contribution in [2.24, 2.45) is 0 Å². The summed E-state index contributed by atoms with van der Waals surface area (Å²) < 4.78 is 4.91. The topological polar surface area (TPSA) is 26.3 Å². The van der Waals surface area contributed by atoms with Gasteiger partial charge in [0.05, 0.1) is 17.9 Å². The Hall–Kier alpha value is -0.540. The molecule has 0 aliphatic heterocycles. The van der Waals surface area contributed by atoms with E-state index in [1.165, 1.54) is 11.3 Å². The molecule has 1 aromatic heterocycles. The third-order valence-corrected chi connectivity index (χ3v) is 2.51. The van der Waals surface area contributed by atoms with Gasteiger partial charge in [0.15, 0.2) is 10.8 Å². The smallest absolute Gasteiger partial charge is 0.187 e. The van der Waals surface area contributed by atoms with Gasteiger partial charge in [0, 0.05) is 0 Å². The molecule has 0 saturated carbocycles. The molecule has 0 unspecified atom stereocenters. The highest BCUT2D eigenvalue weighted by molar-refractivity contribution is 7.15. The summed E-state index contributed by atoms with van der Waals surface area (Å²) in [5.41, 5.74) is 0. The highest BCUT2D eigenvalue weighted by Crippen LogP contribution is 2.24. The number of carbonyl (C=O) groups is 1. The summed E-state index contributed by atoms with van der Waals surface area (Å²) >= 11 is 6.66. The summed E-state index contributed by atoms with van der Waals surface area (Å²) in [6.07, 6.45) is 0. The Morgan fingerprint density at radius 1 is 1.73 bits per heavy atom. The van der Waals surface area contributed by atoms with Crippen molar-refractivity contribution in [1.29, 1.82) is 0 Å². The van der Waals surface area contributed by atoms with Crippen molar-refractivity contribution < 1.29 is 9.53 Å². The van der Waals surface area contributed by atoms with Gasteiger partial charge in [0.25, 0.3) is 0 Å². The molecule has 0 spiro atoms.